The standard InChI is InChI=1S/C8H9.3C4H9.Sn/c1-3-5-7-8-6-4-2;3*1-3-4-2;/h1,3,5,7H,8H2,2H3;3*1,3-4H2,2H3;/b3-1?,7-5-;;;;. The summed E-state index contributed by atoms with van der Waals surface area (Å²) in [5.74, 6) is 6.04. The molecule has 0 aromatic heterocycles. The summed E-state index contributed by atoms with van der Waals surface area (Å²) < 4.78 is 7.39. The molecule has 0 aliphatic rings. The van der Waals surface area contributed by atoms with Crippen LogP contribution in [0.25, 0.3) is 0 Å². The molecule has 0 radical (unpaired) electrons. The number of hydrogen-bond donors (Lipinski definition) is 0. The van der Waals surface area contributed by atoms with Crippen molar-refractivity contribution in [3.63, 3.8) is 0 Å². The van der Waals surface area contributed by atoms with Crippen LogP contribution in [0, 0.1) is 11.8 Å². The SMILES string of the molecule is CC#CC/C=C\C=[CH]\[Sn]([CH2]CCC)([CH2]CCC)[CH2]CCC. The Labute approximate surface area is 138 Å². The molecule has 0 saturated heterocycles. The van der Waals surface area contributed by atoms with E-state index in [0.717, 1.165) is 6.42 Å². The van der Waals surface area contributed by atoms with Gasteiger partial charge in [0.2, 0.25) is 0 Å². The van der Waals surface area contributed by atoms with Crippen LogP contribution in [0.5, 0.6) is 0 Å². The third kappa shape index (κ3) is 11.1. The van der Waals surface area contributed by atoms with E-state index in [2.05, 4.69) is 54.9 Å². The van der Waals surface area contributed by atoms with Gasteiger partial charge in [0.05, 0.1) is 0 Å². The third-order valence-corrected chi connectivity index (χ3v) is 18.3. The van der Waals surface area contributed by atoms with E-state index in [-0.39, 0.29) is 0 Å². The van der Waals surface area contributed by atoms with E-state index >= 15 is 0 Å². The van der Waals surface area contributed by atoms with Crippen molar-refractivity contribution in [1.29, 1.82) is 0 Å². The van der Waals surface area contributed by atoms with Crippen LogP contribution in [0.4, 0.5) is 0 Å². The quantitative estimate of drug-likeness (QED) is 0.192. The van der Waals surface area contributed by atoms with Crippen molar-refractivity contribution in [2.75, 3.05) is 0 Å². The van der Waals surface area contributed by atoms with E-state index in [9.17, 15) is 0 Å². The molecule has 1 heteroatoms. The van der Waals surface area contributed by atoms with Crippen LogP contribution in [0.15, 0.2) is 22.3 Å². The molecule has 120 valence electrons. The second-order valence-electron chi connectivity index (χ2n) is 6.09. The van der Waals surface area contributed by atoms with Crippen molar-refractivity contribution < 1.29 is 0 Å². The first-order valence-electron chi connectivity index (χ1n) is 8.98. The average Bonchev–Trinajstić information content (AvgIpc) is 2.51. The van der Waals surface area contributed by atoms with Crippen molar-refractivity contribution in [3.8, 4) is 11.8 Å². The first kappa shape index (κ1) is 20.8. The van der Waals surface area contributed by atoms with Crippen LogP contribution >= 0.6 is 0 Å². The predicted molar refractivity (Wildman–Crippen MR) is 101 cm³/mol. The number of rotatable bonds is 12. The Morgan fingerprint density at radius 1 is 0.810 bits per heavy atom. The Kier molecular flexibility index (Phi) is 14.6. The molecule has 0 N–H and O–H groups in total. The molecule has 0 aromatic carbocycles. The number of hydrogen-bond acceptors (Lipinski definition) is 0. The van der Waals surface area contributed by atoms with Gasteiger partial charge in [-0.25, -0.2) is 0 Å². The average molecular weight is 395 g/mol. The van der Waals surface area contributed by atoms with Gasteiger partial charge in [-0.15, -0.1) is 0 Å². The second-order valence-corrected chi connectivity index (χ2v) is 19.1. The molecule has 0 aliphatic heterocycles. The molecule has 0 bridgehead atoms. The summed E-state index contributed by atoms with van der Waals surface area (Å²) in [4.78, 5) is 0. The zero-order chi connectivity index (χ0) is 15.8. The summed E-state index contributed by atoms with van der Waals surface area (Å²) in [6.45, 7) is 8.92. The topological polar surface area (TPSA) is 0 Å². The zero-order valence-corrected chi connectivity index (χ0v) is 17.7. The van der Waals surface area contributed by atoms with Crippen LogP contribution in [0.3, 0.4) is 0 Å². The first-order valence-corrected chi connectivity index (χ1v) is 16.7. The summed E-state index contributed by atoms with van der Waals surface area (Å²) in [5.41, 5.74) is 0. The molecule has 0 unspecified atom stereocenters. The first-order chi connectivity index (χ1) is 10.2. The molecule has 0 aromatic rings. The Bertz CT molecular complexity index is 319. The Morgan fingerprint density at radius 3 is 1.76 bits per heavy atom. The predicted octanol–water partition coefficient (Wildman–Crippen LogP) is 6.90. The molecule has 0 heterocycles. The van der Waals surface area contributed by atoms with Gasteiger partial charge in [0.15, 0.2) is 0 Å². The second kappa shape index (κ2) is 14.8. The van der Waals surface area contributed by atoms with Gasteiger partial charge in [-0.1, -0.05) is 0 Å². The van der Waals surface area contributed by atoms with E-state index in [0.29, 0.717) is 0 Å². The maximum atomic E-state index is 3.10. The van der Waals surface area contributed by atoms with Gasteiger partial charge in [0.1, 0.15) is 0 Å². The van der Waals surface area contributed by atoms with Crippen molar-refractivity contribution in [2.24, 2.45) is 0 Å². The molecule has 0 fully saturated rings. The maximum absolute atomic E-state index is 3.10. The monoisotopic (exact) mass is 396 g/mol. The molecular formula is C20H36Sn. The van der Waals surface area contributed by atoms with Crippen LogP contribution < -0.4 is 0 Å². The fourth-order valence-corrected chi connectivity index (χ4v) is 16.9. The van der Waals surface area contributed by atoms with Gasteiger partial charge in [-0.2, -0.15) is 0 Å². The fourth-order valence-electron chi connectivity index (χ4n) is 2.78. The fraction of sp³-hybridized carbons (Fsp3) is 0.700. The van der Waals surface area contributed by atoms with Gasteiger partial charge in [0.25, 0.3) is 0 Å². The van der Waals surface area contributed by atoms with E-state index in [1.807, 2.05) is 6.92 Å². The third-order valence-electron chi connectivity index (χ3n) is 4.18. The molecule has 0 spiro atoms. The summed E-state index contributed by atoms with van der Waals surface area (Å²) >= 11 is -2.03. The van der Waals surface area contributed by atoms with Crippen LogP contribution in [-0.2, 0) is 0 Å². The van der Waals surface area contributed by atoms with E-state index < -0.39 is 18.4 Å². The van der Waals surface area contributed by atoms with Crippen molar-refractivity contribution in [3.05, 3.63) is 22.3 Å². The Morgan fingerprint density at radius 2 is 1.33 bits per heavy atom. The van der Waals surface area contributed by atoms with Gasteiger partial charge in [-0.3, -0.25) is 0 Å². The molecule has 0 atom stereocenters. The van der Waals surface area contributed by atoms with E-state index in [4.69, 9.17) is 0 Å². The molecule has 0 nitrogen and oxygen atoms in total. The number of allylic oxidation sites excluding steroid dienone is 3. The molecule has 0 rings (SSSR count). The van der Waals surface area contributed by atoms with Gasteiger partial charge < -0.3 is 0 Å². The van der Waals surface area contributed by atoms with Crippen LogP contribution in [-0.4, -0.2) is 18.4 Å². The Hall–Kier alpha value is -0.161. The molecule has 0 aliphatic carbocycles. The zero-order valence-electron chi connectivity index (χ0n) is 14.9. The minimum atomic E-state index is -2.03. The Balaban J connectivity index is 4.78. The van der Waals surface area contributed by atoms with Crippen LogP contribution in [0.1, 0.15) is 72.6 Å². The summed E-state index contributed by atoms with van der Waals surface area (Å²) in [6, 6.07) is 0. The summed E-state index contributed by atoms with van der Waals surface area (Å²) in [5, 5.41) is 0. The molecular weight excluding hydrogens is 359 g/mol. The van der Waals surface area contributed by atoms with Crippen molar-refractivity contribution in [2.45, 2.75) is 86.0 Å². The molecule has 0 amide bonds. The van der Waals surface area contributed by atoms with E-state index in [1.54, 1.807) is 13.3 Å². The van der Waals surface area contributed by atoms with Gasteiger partial charge in [-0.05, 0) is 0 Å². The summed E-state index contributed by atoms with van der Waals surface area (Å²) in [6.07, 6.45) is 16.1. The number of unbranched alkanes of at least 4 members (excludes halogenated alkanes) is 3. The normalized spacial score (nSPS) is 12.0. The minimum absolute atomic E-state index is 0.891. The van der Waals surface area contributed by atoms with Gasteiger partial charge >= 0.3 is 138 Å². The van der Waals surface area contributed by atoms with E-state index in [1.165, 1.54) is 38.5 Å². The van der Waals surface area contributed by atoms with Gasteiger partial charge in [0, 0.05) is 0 Å². The summed E-state index contributed by atoms with van der Waals surface area (Å²) in [7, 11) is 0. The molecule has 0 saturated carbocycles. The van der Waals surface area contributed by atoms with Crippen molar-refractivity contribution in [1.82, 2.24) is 0 Å². The van der Waals surface area contributed by atoms with Crippen LogP contribution in [0.2, 0.25) is 13.3 Å². The molecule has 21 heavy (non-hydrogen) atoms. The van der Waals surface area contributed by atoms with Crippen molar-refractivity contribution >= 4 is 18.4 Å².